The van der Waals surface area contributed by atoms with Gasteiger partial charge < -0.3 is 15.0 Å². The average Bonchev–Trinajstić information content (AvgIpc) is 2.91. The SMILES string of the molecule is CCOC(=O)N1CCC(NC(=O)c2c(C)nc3ccccn23)CC1. The molecule has 0 unspecified atom stereocenters. The van der Waals surface area contributed by atoms with Gasteiger partial charge in [0.1, 0.15) is 11.3 Å². The normalized spacial score (nSPS) is 15.5. The van der Waals surface area contributed by atoms with Crippen LogP contribution in [0.4, 0.5) is 4.79 Å². The molecule has 0 aromatic carbocycles. The van der Waals surface area contributed by atoms with Crippen LogP contribution in [-0.4, -0.2) is 52.0 Å². The minimum absolute atomic E-state index is 0.0526. The number of carbonyl (C=O) groups excluding carboxylic acids is 2. The Kier molecular flexibility index (Phi) is 4.69. The van der Waals surface area contributed by atoms with Gasteiger partial charge >= 0.3 is 6.09 Å². The lowest BCUT2D eigenvalue weighted by atomic mass is 10.1. The highest BCUT2D eigenvalue weighted by molar-refractivity contribution is 5.94. The summed E-state index contributed by atoms with van der Waals surface area (Å²) in [6.07, 6.45) is 3.01. The van der Waals surface area contributed by atoms with E-state index in [1.807, 2.05) is 31.3 Å². The molecule has 1 fully saturated rings. The van der Waals surface area contributed by atoms with Gasteiger partial charge in [0.05, 0.1) is 12.3 Å². The fourth-order valence-electron chi connectivity index (χ4n) is 3.06. The Morgan fingerprint density at radius 1 is 1.33 bits per heavy atom. The number of rotatable bonds is 3. The van der Waals surface area contributed by atoms with E-state index in [2.05, 4.69) is 10.3 Å². The first-order valence-electron chi connectivity index (χ1n) is 8.26. The monoisotopic (exact) mass is 330 g/mol. The number of amides is 2. The Morgan fingerprint density at radius 3 is 2.79 bits per heavy atom. The smallest absolute Gasteiger partial charge is 0.409 e. The molecule has 2 aromatic heterocycles. The van der Waals surface area contributed by atoms with E-state index in [0.29, 0.717) is 31.1 Å². The van der Waals surface area contributed by atoms with Gasteiger partial charge in [-0.2, -0.15) is 0 Å². The van der Waals surface area contributed by atoms with Gasteiger partial charge in [0, 0.05) is 25.3 Å². The molecule has 2 amide bonds. The van der Waals surface area contributed by atoms with Crippen molar-refractivity contribution in [3.05, 3.63) is 35.8 Å². The number of aromatic nitrogens is 2. The van der Waals surface area contributed by atoms with Crippen LogP contribution in [0, 0.1) is 6.92 Å². The number of likely N-dealkylation sites (tertiary alicyclic amines) is 1. The standard InChI is InChI=1S/C17H22N4O3/c1-3-24-17(23)20-10-7-13(8-11-20)19-16(22)15-12(2)18-14-6-4-5-9-21(14)15/h4-6,9,13H,3,7-8,10-11H2,1-2H3,(H,19,22). The maximum atomic E-state index is 12.6. The number of aryl methyl sites for hydroxylation is 1. The highest BCUT2D eigenvalue weighted by Gasteiger charge is 2.26. The van der Waals surface area contributed by atoms with Crippen LogP contribution in [0.1, 0.15) is 35.9 Å². The minimum atomic E-state index is -0.278. The molecule has 1 aliphatic rings. The van der Waals surface area contributed by atoms with E-state index < -0.39 is 0 Å². The summed E-state index contributed by atoms with van der Waals surface area (Å²) in [5.41, 5.74) is 2.04. The van der Waals surface area contributed by atoms with Gasteiger partial charge in [-0.3, -0.25) is 9.20 Å². The predicted octanol–water partition coefficient (Wildman–Crippen LogP) is 1.99. The van der Waals surface area contributed by atoms with Gasteiger partial charge in [0.25, 0.3) is 5.91 Å². The quantitative estimate of drug-likeness (QED) is 0.934. The van der Waals surface area contributed by atoms with E-state index >= 15 is 0 Å². The third kappa shape index (κ3) is 3.20. The number of imidazole rings is 1. The summed E-state index contributed by atoms with van der Waals surface area (Å²) in [7, 11) is 0. The van der Waals surface area contributed by atoms with Crippen molar-refractivity contribution in [2.75, 3.05) is 19.7 Å². The van der Waals surface area contributed by atoms with Crippen molar-refractivity contribution < 1.29 is 14.3 Å². The number of piperidine rings is 1. The molecule has 3 rings (SSSR count). The molecule has 7 heteroatoms. The Morgan fingerprint density at radius 2 is 2.08 bits per heavy atom. The second kappa shape index (κ2) is 6.90. The highest BCUT2D eigenvalue weighted by atomic mass is 16.6. The molecule has 0 spiro atoms. The van der Waals surface area contributed by atoms with E-state index in [0.717, 1.165) is 18.5 Å². The van der Waals surface area contributed by atoms with E-state index in [-0.39, 0.29) is 18.0 Å². The molecule has 0 radical (unpaired) electrons. The topological polar surface area (TPSA) is 75.9 Å². The molecule has 7 nitrogen and oxygen atoms in total. The zero-order chi connectivity index (χ0) is 17.1. The minimum Gasteiger partial charge on any atom is -0.450 e. The number of hydrogen-bond acceptors (Lipinski definition) is 4. The van der Waals surface area contributed by atoms with Crippen LogP contribution in [0.15, 0.2) is 24.4 Å². The molecule has 1 saturated heterocycles. The van der Waals surface area contributed by atoms with Crippen LogP contribution in [0.3, 0.4) is 0 Å². The summed E-state index contributed by atoms with van der Waals surface area (Å²) in [6.45, 7) is 5.20. The first kappa shape index (κ1) is 16.3. The zero-order valence-corrected chi connectivity index (χ0v) is 14.0. The second-order valence-electron chi connectivity index (χ2n) is 5.91. The van der Waals surface area contributed by atoms with Crippen LogP contribution >= 0.6 is 0 Å². The van der Waals surface area contributed by atoms with E-state index in [1.165, 1.54) is 0 Å². The third-order valence-electron chi connectivity index (χ3n) is 4.28. The Balaban J connectivity index is 1.64. The van der Waals surface area contributed by atoms with Crippen LogP contribution < -0.4 is 5.32 Å². The van der Waals surface area contributed by atoms with Crippen LogP contribution in [0.25, 0.3) is 5.65 Å². The van der Waals surface area contributed by atoms with Crippen LogP contribution in [-0.2, 0) is 4.74 Å². The molecule has 0 bridgehead atoms. The maximum absolute atomic E-state index is 12.6. The van der Waals surface area contributed by atoms with E-state index in [4.69, 9.17) is 4.74 Å². The van der Waals surface area contributed by atoms with Crippen molar-refractivity contribution >= 4 is 17.6 Å². The van der Waals surface area contributed by atoms with E-state index in [1.54, 1.807) is 16.2 Å². The van der Waals surface area contributed by atoms with Crippen molar-refractivity contribution in [2.24, 2.45) is 0 Å². The lowest BCUT2D eigenvalue weighted by Crippen LogP contribution is -2.47. The number of fused-ring (bicyclic) bond motifs is 1. The molecule has 3 heterocycles. The summed E-state index contributed by atoms with van der Waals surface area (Å²) < 4.78 is 6.81. The number of hydrogen-bond donors (Lipinski definition) is 1. The summed E-state index contributed by atoms with van der Waals surface area (Å²) in [4.78, 5) is 30.5. The van der Waals surface area contributed by atoms with Gasteiger partial charge in [0.15, 0.2) is 0 Å². The number of ether oxygens (including phenoxy) is 1. The lowest BCUT2D eigenvalue weighted by molar-refractivity contribution is 0.0855. The van der Waals surface area contributed by atoms with Crippen molar-refractivity contribution in [2.45, 2.75) is 32.7 Å². The van der Waals surface area contributed by atoms with Crippen LogP contribution in [0.5, 0.6) is 0 Å². The molecular formula is C17H22N4O3. The highest BCUT2D eigenvalue weighted by Crippen LogP contribution is 2.15. The molecule has 0 atom stereocenters. The number of pyridine rings is 1. The zero-order valence-electron chi connectivity index (χ0n) is 14.0. The largest absolute Gasteiger partial charge is 0.450 e. The van der Waals surface area contributed by atoms with Crippen molar-refractivity contribution in [3.63, 3.8) is 0 Å². The molecule has 0 saturated carbocycles. The Hall–Kier alpha value is -2.57. The summed E-state index contributed by atoms with van der Waals surface area (Å²) >= 11 is 0. The van der Waals surface area contributed by atoms with E-state index in [9.17, 15) is 9.59 Å². The van der Waals surface area contributed by atoms with Crippen molar-refractivity contribution in [1.29, 1.82) is 0 Å². The molecule has 1 aliphatic heterocycles. The molecule has 128 valence electrons. The van der Waals surface area contributed by atoms with Crippen LogP contribution in [0.2, 0.25) is 0 Å². The predicted molar refractivity (Wildman–Crippen MR) is 89.0 cm³/mol. The van der Waals surface area contributed by atoms with Crippen molar-refractivity contribution in [3.8, 4) is 0 Å². The summed E-state index contributed by atoms with van der Waals surface area (Å²) in [6, 6.07) is 5.70. The Bertz CT molecular complexity index is 747. The fraction of sp³-hybridized carbons (Fsp3) is 0.471. The molecule has 1 N–H and O–H groups in total. The maximum Gasteiger partial charge on any atom is 0.409 e. The first-order valence-corrected chi connectivity index (χ1v) is 8.26. The Labute approximate surface area is 140 Å². The summed E-state index contributed by atoms with van der Waals surface area (Å²) in [5, 5.41) is 3.07. The van der Waals surface area contributed by atoms with Gasteiger partial charge in [-0.05, 0) is 38.8 Å². The molecule has 0 aliphatic carbocycles. The molecule has 2 aromatic rings. The van der Waals surface area contributed by atoms with Gasteiger partial charge in [-0.1, -0.05) is 6.07 Å². The molecular weight excluding hydrogens is 308 g/mol. The number of carbonyl (C=O) groups is 2. The van der Waals surface area contributed by atoms with Crippen molar-refractivity contribution in [1.82, 2.24) is 19.6 Å². The van der Waals surface area contributed by atoms with Gasteiger partial charge in [-0.15, -0.1) is 0 Å². The summed E-state index contributed by atoms with van der Waals surface area (Å²) in [5.74, 6) is -0.124. The average molecular weight is 330 g/mol. The number of nitrogens with one attached hydrogen (secondary N) is 1. The number of nitrogens with zero attached hydrogens (tertiary/aromatic N) is 3. The fourth-order valence-corrected chi connectivity index (χ4v) is 3.06. The molecule has 24 heavy (non-hydrogen) atoms. The van der Waals surface area contributed by atoms with Gasteiger partial charge in [0.2, 0.25) is 0 Å². The third-order valence-corrected chi connectivity index (χ3v) is 4.28. The first-order chi connectivity index (χ1) is 11.6. The lowest BCUT2D eigenvalue weighted by Gasteiger charge is -2.31. The van der Waals surface area contributed by atoms with Gasteiger partial charge in [-0.25, -0.2) is 9.78 Å². The second-order valence-corrected chi connectivity index (χ2v) is 5.91.